The van der Waals surface area contributed by atoms with Gasteiger partial charge in [-0.25, -0.2) is 4.99 Å². The molecule has 1 unspecified atom stereocenters. The van der Waals surface area contributed by atoms with Gasteiger partial charge in [0, 0.05) is 44.6 Å². The monoisotopic (exact) mass is 530 g/mol. The Morgan fingerprint density at radius 3 is 2.80 bits per heavy atom. The molecule has 0 bridgehead atoms. The van der Waals surface area contributed by atoms with E-state index in [1.807, 2.05) is 11.8 Å². The highest BCUT2D eigenvalue weighted by Crippen LogP contribution is 2.24. The van der Waals surface area contributed by atoms with E-state index >= 15 is 0 Å². The molecule has 0 spiro atoms. The number of likely N-dealkylation sites (tertiary alicyclic amines) is 1. The summed E-state index contributed by atoms with van der Waals surface area (Å²) in [6.45, 7) is 9.16. The number of ether oxygens (including phenoxy) is 2. The lowest BCUT2D eigenvalue weighted by atomic mass is 10.1. The minimum Gasteiger partial charge on any atom is -0.488 e. The van der Waals surface area contributed by atoms with E-state index in [9.17, 15) is 4.79 Å². The molecule has 2 aliphatic heterocycles. The lowest BCUT2D eigenvalue weighted by molar-refractivity contribution is -0.129. The molecule has 2 N–H and O–H groups in total. The van der Waals surface area contributed by atoms with Crippen molar-refractivity contribution in [3.63, 3.8) is 0 Å². The first-order chi connectivity index (χ1) is 14.2. The predicted octanol–water partition coefficient (Wildman–Crippen LogP) is 2.85. The normalized spacial score (nSPS) is 18.8. The van der Waals surface area contributed by atoms with Gasteiger partial charge in [0.15, 0.2) is 5.96 Å². The smallest absolute Gasteiger partial charge is 0.224 e. The molecule has 0 saturated carbocycles. The predicted molar refractivity (Wildman–Crippen MR) is 130 cm³/mol. The Labute approximate surface area is 197 Å². The van der Waals surface area contributed by atoms with Gasteiger partial charge in [0.05, 0.1) is 19.8 Å². The molecule has 0 aromatic heterocycles. The third-order valence-electron chi connectivity index (χ3n) is 5.25. The number of amides is 1. The number of guanidine groups is 1. The number of nitrogens with one attached hydrogen (secondary N) is 2. The van der Waals surface area contributed by atoms with Crippen molar-refractivity contribution in [2.75, 3.05) is 39.4 Å². The van der Waals surface area contributed by atoms with Crippen molar-refractivity contribution in [2.45, 2.75) is 52.2 Å². The van der Waals surface area contributed by atoms with E-state index in [4.69, 9.17) is 14.5 Å². The number of benzene rings is 1. The fourth-order valence-electron chi connectivity index (χ4n) is 3.61. The Kier molecular flexibility index (Phi) is 10.7. The van der Waals surface area contributed by atoms with E-state index in [0.717, 1.165) is 68.3 Å². The van der Waals surface area contributed by atoms with E-state index in [1.54, 1.807) is 0 Å². The molecule has 2 saturated heterocycles. The number of halogens is 1. The van der Waals surface area contributed by atoms with Gasteiger partial charge in [-0.05, 0) is 38.3 Å². The van der Waals surface area contributed by atoms with Crippen LogP contribution >= 0.6 is 24.0 Å². The van der Waals surface area contributed by atoms with Gasteiger partial charge in [0.25, 0.3) is 0 Å². The minimum atomic E-state index is 0. The lowest BCUT2D eigenvalue weighted by Gasteiger charge is -2.17. The fourth-order valence-corrected chi connectivity index (χ4v) is 3.61. The summed E-state index contributed by atoms with van der Waals surface area (Å²) in [6, 6.07) is 6.22. The van der Waals surface area contributed by atoms with Crippen LogP contribution in [0.3, 0.4) is 0 Å². The molecule has 168 valence electrons. The molecular weight excluding hydrogens is 495 g/mol. The van der Waals surface area contributed by atoms with Gasteiger partial charge in [-0.2, -0.15) is 0 Å². The van der Waals surface area contributed by atoms with Crippen LogP contribution in [0.5, 0.6) is 5.75 Å². The van der Waals surface area contributed by atoms with Crippen molar-refractivity contribution in [1.29, 1.82) is 0 Å². The average molecular weight is 530 g/mol. The lowest BCUT2D eigenvalue weighted by Crippen LogP contribution is -2.39. The number of hydrogen-bond donors (Lipinski definition) is 2. The number of nitrogens with zero attached hydrogens (tertiary/aromatic N) is 2. The maximum Gasteiger partial charge on any atom is 0.224 e. The zero-order valence-electron chi connectivity index (χ0n) is 18.1. The number of carbonyl (C=O) groups excluding carboxylic acids is 1. The molecule has 0 radical (unpaired) electrons. The molecule has 1 atom stereocenters. The Morgan fingerprint density at radius 1 is 1.30 bits per heavy atom. The number of carbonyl (C=O) groups is 1. The van der Waals surface area contributed by atoms with Crippen molar-refractivity contribution >= 4 is 35.8 Å². The van der Waals surface area contributed by atoms with Gasteiger partial charge < -0.3 is 25.0 Å². The summed E-state index contributed by atoms with van der Waals surface area (Å²) in [5, 5.41) is 6.53. The number of rotatable bonds is 8. The maximum atomic E-state index is 12.2. The molecule has 2 aliphatic rings. The molecule has 0 aliphatic carbocycles. The van der Waals surface area contributed by atoms with Gasteiger partial charge in [0.2, 0.25) is 5.91 Å². The first-order valence-corrected chi connectivity index (χ1v) is 10.8. The quantitative estimate of drug-likeness (QED) is 0.307. The van der Waals surface area contributed by atoms with E-state index < -0.39 is 0 Å². The van der Waals surface area contributed by atoms with E-state index in [2.05, 4.69) is 35.8 Å². The summed E-state index contributed by atoms with van der Waals surface area (Å²) < 4.78 is 11.6. The van der Waals surface area contributed by atoms with Gasteiger partial charge in [-0.15, -0.1) is 24.0 Å². The Morgan fingerprint density at radius 2 is 2.10 bits per heavy atom. The largest absolute Gasteiger partial charge is 0.488 e. The summed E-state index contributed by atoms with van der Waals surface area (Å²) in [4.78, 5) is 18.9. The topological polar surface area (TPSA) is 75.2 Å². The zero-order chi connectivity index (χ0) is 20.5. The Bertz CT molecular complexity index is 702. The second-order valence-corrected chi connectivity index (χ2v) is 7.67. The molecule has 3 rings (SSSR count). The number of hydrogen-bond acceptors (Lipinski definition) is 4. The minimum absolute atomic E-state index is 0. The molecule has 1 aromatic rings. The van der Waals surface area contributed by atoms with E-state index in [1.165, 1.54) is 0 Å². The van der Waals surface area contributed by atoms with E-state index in [0.29, 0.717) is 26.1 Å². The number of aliphatic imine (C=N–C) groups is 1. The summed E-state index contributed by atoms with van der Waals surface area (Å²) >= 11 is 0. The summed E-state index contributed by atoms with van der Waals surface area (Å²) in [5.41, 5.74) is 2.21. The van der Waals surface area contributed by atoms with Crippen LogP contribution in [-0.2, 0) is 16.1 Å². The third-order valence-corrected chi connectivity index (χ3v) is 5.25. The number of aryl methyl sites for hydroxylation is 1. The van der Waals surface area contributed by atoms with Crippen LogP contribution < -0.4 is 15.4 Å². The van der Waals surface area contributed by atoms with Crippen molar-refractivity contribution in [3.05, 3.63) is 29.3 Å². The van der Waals surface area contributed by atoms with Gasteiger partial charge in [-0.3, -0.25) is 4.79 Å². The van der Waals surface area contributed by atoms with Crippen molar-refractivity contribution in [1.82, 2.24) is 15.5 Å². The summed E-state index contributed by atoms with van der Waals surface area (Å²) in [7, 11) is 0. The molecular formula is C22H35IN4O3. The molecule has 2 heterocycles. The first kappa shape index (κ1) is 24.7. The average Bonchev–Trinajstić information content (AvgIpc) is 3.41. The Hall–Kier alpha value is -1.55. The highest BCUT2D eigenvalue weighted by atomic mass is 127. The van der Waals surface area contributed by atoms with Crippen LogP contribution in [0.15, 0.2) is 23.2 Å². The van der Waals surface area contributed by atoms with Crippen molar-refractivity contribution in [3.8, 4) is 5.75 Å². The third kappa shape index (κ3) is 7.61. The van der Waals surface area contributed by atoms with Gasteiger partial charge in [0.1, 0.15) is 11.9 Å². The van der Waals surface area contributed by atoms with Crippen LogP contribution in [0.1, 0.15) is 43.7 Å². The molecule has 30 heavy (non-hydrogen) atoms. The van der Waals surface area contributed by atoms with Crippen LogP contribution in [0, 0.1) is 6.92 Å². The molecule has 8 heteroatoms. The van der Waals surface area contributed by atoms with Crippen LogP contribution in [0.2, 0.25) is 0 Å². The zero-order valence-corrected chi connectivity index (χ0v) is 20.4. The van der Waals surface area contributed by atoms with Crippen LogP contribution in [0.25, 0.3) is 0 Å². The highest BCUT2D eigenvalue weighted by molar-refractivity contribution is 14.0. The van der Waals surface area contributed by atoms with Crippen molar-refractivity contribution in [2.24, 2.45) is 4.99 Å². The van der Waals surface area contributed by atoms with Crippen molar-refractivity contribution < 1.29 is 14.3 Å². The van der Waals surface area contributed by atoms with Crippen LogP contribution in [-0.4, -0.2) is 62.3 Å². The first-order valence-electron chi connectivity index (χ1n) is 10.8. The highest BCUT2D eigenvalue weighted by Gasteiger charge is 2.19. The van der Waals surface area contributed by atoms with Gasteiger partial charge >= 0.3 is 0 Å². The Balaban J connectivity index is 0.00000320. The SMILES string of the molecule is CCNC(=NCc1ccc(C)cc1OC1CCOC1)NCCC(=O)N1CCCC1.I. The van der Waals surface area contributed by atoms with Gasteiger partial charge in [-0.1, -0.05) is 12.1 Å². The standard InChI is InChI=1S/C22H34N4O3.HI/c1-3-23-22(24-10-8-21(27)26-11-4-5-12-26)25-15-18-7-6-17(2)14-20(18)29-19-9-13-28-16-19;/h6-7,14,19H,3-5,8-13,15-16H2,1-2H3,(H2,23,24,25);1H. The summed E-state index contributed by atoms with van der Waals surface area (Å²) in [6.07, 6.45) is 3.77. The second-order valence-electron chi connectivity index (χ2n) is 7.67. The summed E-state index contributed by atoms with van der Waals surface area (Å²) in [5.74, 6) is 1.82. The van der Waals surface area contributed by atoms with E-state index in [-0.39, 0.29) is 36.0 Å². The maximum absolute atomic E-state index is 12.2. The molecule has 2 fully saturated rings. The second kappa shape index (κ2) is 13.0. The molecule has 1 amide bonds. The fraction of sp³-hybridized carbons (Fsp3) is 0.636. The van der Waals surface area contributed by atoms with Crippen LogP contribution in [0.4, 0.5) is 0 Å². The molecule has 1 aromatic carbocycles. The molecule has 7 nitrogen and oxygen atoms in total.